The highest BCUT2D eigenvalue weighted by atomic mass is 127. The molecule has 1 unspecified atom stereocenters. The normalized spacial score (nSPS) is 16.0. The predicted molar refractivity (Wildman–Crippen MR) is 148 cm³/mol. The van der Waals surface area contributed by atoms with Crippen LogP contribution in [-0.4, -0.2) is 38.9 Å². The molecule has 0 bridgehead atoms. The third kappa shape index (κ3) is 4.90. The lowest BCUT2D eigenvalue weighted by atomic mass is 9.89. The minimum Gasteiger partial charge on any atom is -0.465 e. The quantitative estimate of drug-likeness (QED) is 0.258. The number of rotatable bonds is 6. The Hall–Kier alpha value is -3.15. The fraction of sp³-hybridized carbons (Fsp3) is 0.111. The van der Waals surface area contributed by atoms with Gasteiger partial charge >= 0.3 is 11.9 Å². The molecule has 1 aliphatic heterocycles. The van der Waals surface area contributed by atoms with E-state index in [9.17, 15) is 18.0 Å². The fourth-order valence-corrected chi connectivity index (χ4v) is 7.65. The van der Waals surface area contributed by atoms with Crippen LogP contribution in [0.5, 0.6) is 0 Å². The Bertz CT molecular complexity index is 1520. The molecule has 0 saturated carbocycles. The molecule has 1 atom stereocenters. The second-order valence-electron chi connectivity index (χ2n) is 7.84. The van der Waals surface area contributed by atoms with Gasteiger partial charge in [0.15, 0.2) is 5.70 Å². The van der Waals surface area contributed by atoms with Gasteiger partial charge in [0.1, 0.15) is 16.5 Å². The van der Waals surface area contributed by atoms with Gasteiger partial charge in [-0.25, -0.2) is 22.3 Å². The Labute approximate surface area is 233 Å². The number of halogens is 2. The van der Waals surface area contributed by atoms with Crippen LogP contribution in [0.2, 0.25) is 5.02 Å². The Morgan fingerprint density at radius 1 is 0.838 bits per heavy atom. The second kappa shape index (κ2) is 11.1. The summed E-state index contributed by atoms with van der Waals surface area (Å²) in [6, 6.07) is 22.6. The molecule has 3 aromatic rings. The van der Waals surface area contributed by atoms with Crippen molar-refractivity contribution in [2.45, 2.75) is 10.9 Å². The molecule has 7 nitrogen and oxygen atoms in total. The molecule has 0 aromatic heterocycles. The Kier molecular flexibility index (Phi) is 8.05. The molecule has 0 N–H and O–H groups in total. The molecule has 10 heteroatoms. The molecular weight excluding hydrogens is 629 g/mol. The fourth-order valence-electron chi connectivity index (χ4n) is 4.13. The van der Waals surface area contributed by atoms with Crippen molar-refractivity contribution in [3.63, 3.8) is 0 Å². The summed E-state index contributed by atoms with van der Waals surface area (Å²) in [6.07, 6.45) is 0. The summed E-state index contributed by atoms with van der Waals surface area (Å²) in [5, 5.41) is -0.0361. The number of hydrogen-bond donors (Lipinski definition) is 0. The van der Waals surface area contributed by atoms with E-state index in [4.69, 9.17) is 21.1 Å². The number of carbonyl (C=O) groups is 2. The summed E-state index contributed by atoms with van der Waals surface area (Å²) >= 11 is 8.35. The third-order valence-corrected chi connectivity index (χ3v) is 9.13. The molecule has 190 valence electrons. The molecule has 0 spiro atoms. The first-order valence-corrected chi connectivity index (χ1v) is 13.8. The molecule has 0 radical (unpaired) electrons. The van der Waals surface area contributed by atoms with Gasteiger partial charge in [0.25, 0.3) is 10.0 Å². The lowest BCUT2D eigenvalue weighted by Crippen LogP contribution is -2.42. The Morgan fingerprint density at radius 3 is 1.95 bits per heavy atom. The molecule has 0 aliphatic carbocycles. The highest BCUT2D eigenvalue weighted by Crippen LogP contribution is 2.50. The molecule has 1 heterocycles. The van der Waals surface area contributed by atoms with Gasteiger partial charge in [0, 0.05) is 9.15 Å². The number of nitrogens with zero attached hydrogens (tertiary/aromatic N) is 1. The molecule has 4 rings (SSSR count). The van der Waals surface area contributed by atoms with E-state index >= 15 is 0 Å². The van der Waals surface area contributed by atoms with Gasteiger partial charge in [-0.3, -0.25) is 0 Å². The summed E-state index contributed by atoms with van der Waals surface area (Å²) in [5.41, 5.74) is 0.841. The first kappa shape index (κ1) is 26.9. The van der Waals surface area contributed by atoms with E-state index in [0.717, 1.165) is 18.5 Å². The van der Waals surface area contributed by atoms with Gasteiger partial charge < -0.3 is 9.47 Å². The summed E-state index contributed by atoms with van der Waals surface area (Å²) in [6.45, 7) is 0. The van der Waals surface area contributed by atoms with Crippen LogP contribution in [0.1, 0.15) is 17.2 Å². The molecule has 0 fully saturated rings. The molecule has 37 heavy (non-hydrogen) atoms. The number of esters is 2. The van der Waals surface area contributed by atoms with Crippen LogP contribution in [0.15, 0.2) is 105 Å². The van der Waals surface area contributed by atoms with Crippen LogP contribution >= 0.6 is 34.2 Å². The van der Waals surface area contributed by atoms with E-state index in [2.05, 4.69) is 0 Å². The first-order valence-electron chi connectivity index (χ1n) is 10.9. The van der Waals surface area contributed by atoms with E-state index in [0.29, 0.717) is 20.3 Å². The lowest BCUT2D eigenvalue weighted by Gasteiger charge is -2.39. The van der Waals surface area contributed by atoms with Crippen molar-refractivity contribution in [3.8, 4) is 0 Å². The summed E-state index contributed by atoms with van der Waals surface area (Å²) in [7, 11) is -2.23. The van der Waals surface area contributed by atoms with Crippen molar-refractivity contribution in [1.29, 1.82) is 0 Å². The lowest BCUT2D eigenvalue weighted by molar-refractivity contribution is -0.140. The largest absolute Gasteiger partial charge is 0.465 e. The molecular formula is C27H21ClINO6S. The van der Waals surface area contributed by atoms with E-state index in [1.807, 2.05) is 28.7 Å². The molecule has 1 aliphatic rings. The van der Waals surface area contributed by atoms with Crippen LogP contribution in [0, 0.1) is 0 Å². The monoisotopic (exact) mass is 649 g/mol. The van der Waals surface area contributed by atoms with Crippen LogP contribution in [0.4, 0.5) is 0 Å². The number of hydrogen-bond acceptors (Lipinski definition) is 6. The van der Waals surface area contributed by atoms with Crippen LogP contribution in [-0.2, 0) is 29.1 Å². The van der Waals surface area contributed by atoms with E-state index in [1.165, 1.54) is 18.2 Å². The average molecular weight is 650 g/mol. The molecule has 3 aromatic carbocycles. The SMILES string of the molecule is COC(=O)C1=C(C(=O)OC)N(S(=O)(=O)c2ccccc2Cl)C(c2ccccc2)C(I)=C1c1ccccc1. The van der Waals surface area contributed by atoms with Crippen LogP contribution in [0.25, 0.3) is 5.57 Å². The smallest absolute Gasteiger partial charge is 0.356 e. The van der Waals surface area contributed by atoms with Crippen LogP contribution in [0.3, 0.4) is 0 Å². The molecule has 0 amide bonds. The minimum absolute atomic E-state index is 0.0361. The number of sulfonamides is 1. The predicted octanol–water partition coefficient (Wildman–Crippen LogP) is 5.53. The van der Waals surface area contributed by atoms with E-state index < -0.39 is 33.7 Å². The number of benzene rings is 3. The maximum Gasteiger partial charge on any atom is 0.356 e. The summed E-state index contributed by atoms with van der Waals surface area (Å²) < 4.78 is 40.1. The zero-order valence-corrected chi connectivity index (χ0v) is 23.5. The number of carbonyl (C=O) groups excluding carboxylic acids is 2. The topological polar surface area (TPSA) is 90.0 Å². The average Bonchev–Trinajstić information content (AvgIpc) is 2.92. The van der Waals surface area contributed by atoms with Crippen molar-refractivity contribution < 1.29 is 27.5 Å². The van der Waals surface area contributed by atoms with Gasteiger partial charge in [-0.2, -0.15) is 0 Å². The van der Waals surface area contributed by atoms with Crippen molar-refractivity contribution >= 4 is 61.7 Å². The third-order valence-electron chi connectivity index (χ3n) is 5.74. The summed E-state index contributed by atoms with van der Waals surface area (Å²) in [4.78, 5) is 26.4. The zero-order valence-electron chi connectivity index (χ0n) is 19.7. The number of methoxy groups -OCH3 is 2. The highest BCUT2D eigenvalue weighted by Gasteiger charge is 2.47. The van der Waals surface area contributed by atoms with Crippen molar-refractivity contribution in [1.82, 2.24) is 4.31 Å². The van der Waals surface area contributed by atoms with Gasteiger partial charge in [0.05, 0.1) is 19.2 Å². The van der Waals surface area contributed by atoms with Gasteiger partial charge in [0.2, 0.25) is 0 Å². The van der Waals surface area contributed by atoms with E-state index in [-0.39, 0.29) is 15.5 Å². The zero-order chi connectivity index (χ0) is 26.7. The van der Waals surface area contributed by atoms with Crippen LogP contribution < -0.4 is 0 Å². The number of ether oxygens (including phenoxy) is 2. The van der Waals surface area contributed by atoms with Gasteiger partial charge in [-0.1, -0.05) is 84.4 Å². The van der Waals surface area contributed by atoms with Crippen molar-refractivity contribution in [2.24, 2.45) is 0 Å². The summed E-state index contributed by atoms with van der Waals surface area (Å²) in [5.74, 6) is -1.91. The maximum absolute atomic E-state index is 14.3. The van der Waals surface area contributed by atoms with E-state index in [1.54, 1.807) is 60.7 Å². The Morgan fingerprint density at radius 2 is 1.38 bits per heavy atom. The molecule has 0 saturated heterocycles. The first-order chi connectivity index (χ1) is 17.7. The maximum atomic E-state index is 14.3. The van der Waals surface area contributed by atoms with Crippen molar-refractivity contribution in [2.75, 3.05) is 14.2 Å². The van der Waals surface area contributed by atoms with Gasteiger partial charge in [-0.05, 0) is 45.9 Å². The Balaban J connectivity index is 2.18. The van der Waals surface area contributed by atoms with Gasteiger partial charge in [-0.15, -0.1) is 0 Å². The highest BCUT2D eigenvalue weighted by molar-refractivity contribution is 14.1. The minimum atomic E-state index is -4.51. The second-order valence-corrected chi connectivity index (χ2v) is 11.2. The standard InChI is InChI=1S/C27H21ClINO6S/c1-35-26(31)22-21(17-11-5-3-6-12-17)23(29)24(18-13-7-4-8-14-18)30(25(22)27(32)36-2)37(33,34)20-16-10-9-15-19(20)28/h3-16,24H,1-2H3. The van der Waals surface area contributed by atoms with Crippen molar-refractivity contribution in [3.05, 3.63) is 116 Å².